The highest BCUT2D eigenvalue weighted by atomic mass is 79.9. The third-order valence-electron chi connectivity index (χ3n) is 2.97. The van der Waals surface area contributed by atoms with Crippen molar-refractivity contribution in [1.82, 2.24) is 5.32 Å². The molecule has 114 valence electrons. The van der Waals surface area contributed by atoms with Crippen LogP contribution in [0.3, 0.4) is 0 Å². The van der Waals surface area contributed by atoms with E-state index >= 15 is 0 Å². The van der Waals surface area contributed by atoms with Gasteiger partial charge in [-0.25, -0.2) is 0 Å². The van der Waals surface area contributed by atoms with Crippen molar-refractivity contribution in [3.8, 4) is 5.75 Å². The minimum absolute atomic E-state index is 0.491. The fourth-order valence-corrected chi connectivity index (χ4v) is 2.78. The van der Waals surface area contributed by atoms with Crippen molar-refractivity contribution >= 4 is 27.5 Å². The van der Waals surface area contributed by atoms with Gasteiger partial charge in [-0.2, -0.15) is 0 Å². The summed E-state index contributed by atoms with van der Waals surface area (Å²) in [6, 6.07) is 4.41. The van der Waals surface area contributed by atoms with Crippen molar-refractivity contribution in [2.75, 3.05) is 26.4 Å². The third kappa shape index (κ3) is 6.44. The quantitative estimate of drug-likeness (QED) is 0.666. The molecule has 0 radical (unpaired) electrons. The maximum atomic E-state index is 6.14. The maximum absolute atomic E-state index is 6.14. The van der Waals surface area contributed by atoms with Crippen LogP contribution in [-0.4, -0.2) is 32.4 Å². The Kier molecular flexibility index (Phi) is 8.53. The fourth-order valence-electron chi connectivity index (χ4n) is 1.65. The van der Waals surface area contributed by atoms with Gasteiger partial charge in [0.1, 0.15) is 6.61 Å². The first-order valence-electron chi connectivity index (χ1n) is 6.94. The van der Waals surface area contributed by atoms with Crippen LogP contribution < -0.4 is 10.1 Å². The van der Waals surface area contributed by atoms with Crippen LogP contribution in [0.25, 0.3) is 0 Å². The molecule has 0 aliphatic carbocycles. The van der Waals surface area contributed by atoms with Gasteiger partial charge in [0.25, 0.3) is 0 Å². The first-order chi connectivity index (χ1) is 9.54. The summed E-state index contributed by atoms with van der Waals surface area (Å²) in [5, 5.41) is 3.99. The molecular weight excluding hydrogens is 342 g/mol. The molecule has 1 N–H and O–H groups in total. The molecule has 1 aromatic carbocycles. The Morgan fingerprint density at radius 1 is 1.30 bits per heavy atom. The zero-order valence-electron chi connectivity index (χ0n) is 12.3. The van der Waals surface area contributed by atoms with E-state index in [1.165, 1.54) is 0 Å². The predicted octanol–water partition coefficient (Wildman–Crippen LogP) is 4.19. The average Bonchev–Trinajstić information content (AvgIpc) is 2.39. The highest BCUT2D eigenvalue weighted by Gasteiger charge is 2.07. The molecule has 0 fully saturated rings. The summed E-state index contributed by atoms with van der Waals surface area (Å²) in [6.07, 6.45) is 1.13. The van der Waals surface area contributed by atoms with Gasteiger partial charge in [-0.15, -0.1) is 0 Å². The van der Waals surface area contributed by atoms with Crippen molar-refractivity contribution in [2.24, 2.45) is 0 Å². The van der Waals surface area contributed by atoms with E-state index in [1.807, 2.05) is 19.1 Å². The molecule has 3 nitrogen and oxygen atoms in total. The molecule has 1 unspecified atom stereocenters. The van der Waals surface area contributed by atoms with E-state index in [4.69, 9.17) is 21.1 Å². The predicted molar refractivity (Wildman–Crippen MR) is 88.0 cm³/mol. The molecule has 0 aliphatic heterocycles. The summed E-state index contributed by atoms with van der Waals surface area (Å²) < 4.78 is 12.0. The first kappa shape index (κ1) is 17.8. The second-order valence-electron chi connectivity index (χ2n) is 4.78. The SMILES string of the molecule is CCC(C)NCCOCCOc1c(Cl)cc(C)cc1Br. The van der Waals surface area contributed by atoms with Crippen LogP contribution in [-0.2, 0) is 4.74 Å². The summed E-state index contributed by atoms with van der Waals surface area (Å²) >= 11 is 9.60. The molecule has 0 saturated carbocycles. The van der Waals surface area contributed by atoms with Crippen LogP contribution in [0.2, 0.25) is 5.02 Å². The van der Waals surface area contributed by atoms with E-state index in [0.717, 1.165) is 23.0 Å². The van der Waals surface area contributed by atoms with Crippen LogP contribution in [0.15, 0.2) is 16.6 Å². The van der Waals surface area contributed by atoms with Gasteiger partial charge in [0.2, 0.25) is 0 Å². The van der Waals surface area contributed by atoms with Gasteiger partial charge in [0.15, 0.2) is 5.75 Å². The largest absolute Gasteiger partial charge is 0.488 e. The van der Waals surface area contributed by atoms with Gasteiger partial charge < -0.3 is 14.8 Å². The van der Waals surface area contributed by atoms with E-state index < -0.39 is 0 Å². The minimum atomic E-state index is 0.491. The topological polar surface area (TPSA) is 30.5 Å². The van der Waals surface area contributed by atoms with E-state index in [-0.39, 0.29) is 0 Å². The molecule has 0 amide bonds. The Balaban J connectivity index is 2.19. The molecule has 1 atom stereocenters. The Labute approximate surface area is 135 Å². The number of benzene rings is 1. The summed E-state index contributed by atoms with van der Waals surface area (Å²) in [7, 11) is 0. The Morgan fingerprint density at radius 3 is 2.70 bits per heavy atom. The number of ether oxygens (including phenoxy) is 2. The lowest BCUT2D eigenvalue weighted by molar-refractivity contribution is 0.100. The van der Waals surface area contributed by atoms with E-state index in [0.29, 0.717) is 36.6 Å². The summed E-state index contributed by atoms with van der Waals surface area (Å²) in [6.45, 7) is 8.92. The first-order valence-corrected chi connectivity index (χ1v) is 8.11. The van der Waals surface area contributed by atoms with Gasteiger partial charge in [-0.3, -0.25) is 0 Å². The van der Waals surface area contributed by atoms with Crippen molar-refractivity contribution in [1.29, 1.82) is 0 Å². The van der Waals surface area contributed by atoms with Gasteiger partial charge in [-0.1, -0.05) is 18.5 Å². The van der Waals surface area contributed by atoms with Crippen LogP contribution >= 0.6 is 27.5 Å². The zero-order chi connectivity index (χ0) is 15.0. The maximum Gasteiger partial charge on any atom is 0.152 e. The standard InChI is InChI=1S/C15H23BrClNO2/c1-4-12(3)18-5-6-19-7-8-20-15-13(16)9-11(2)10-14(15)17/h9-10,12,18H,4-8H2,1-3H3. The molecule has 0 heterocycles. The lowest BCUT2D eigenvalue weighted by Crippen LogP contribution is -2.29. The molecule has 0 saturated heterocycles. The average molecular weight is 365 g/mol. The fraction of sp³-hybridized carbons (Fsp3) is 0.600. The van der Waals surface area contributed by atoms with Crippen molar-refractivity contribution < 1.29 is 9.47 Å². The highest BCUT2D eigenvalue weighted by molar-refractivity contribution is 9.10. The number of aryl methyl sites for hydroxylation is 1. The smallest absolute Gasteiger partial charge is 0.152 e. The van der Waals surface area contributed by atoms with Crippen molar-refractivity contribution in [3.63, 3.8) is 0 Å². The molecule has 0 aliphatic rings. The Hall–Kier alpha value is -0.290. The summed E-state index contributed by atoms with van der Waals surface area (Å²) in [5.74, 6) is 0.679. The lowest BCUT2D eigenvalue weighted by atomic mass is 10.2. The van der Waals surface area contributed by atoms with E-state index in [1.54, 1.807) is 0 Å². The van der Waals surface area contributed by atoms with E-state index in [9.17, 15) is 0 Å². The molecule has 1 rings (SSSR count). The molecular formula is C15H23BrClNO2. The normalized spacial score (nSPS) is 12.4. The number of rotatable bonds is 9. The second kappa shape index (κ2) is 9.61. The Bertz CT molecular complexity index is 392. The monoisotopic (exact) mass is 363 g/mol. The number of halogens is 2. The minimum Gasteiger partial charge on any atom is -0.488 e. The van der Waals surface area contributed by atoms with Gasteiger partial charge in [0, 0.05) is 12.6 Å². The van der Waals surface area contributed by atoms with Gasteiger partial charge in [-0.05, 0) is 53.9 Å². The molecule has 0 spiro atoms. The molecule has 1 aromatic rings. The van der Waals surface area contributed by atoms with Crippen LogP contribution in [0.5, 0.6) is 5.75 Å². The van der Waals surface area contributed by atoms with Crippen LogP contribution in [0.4, 0.5) is 0 Å². The Morgan fingerprint density at radius 2 is 2.05 bits per heavy atom. The molecule has 0 bridgehead atoms. The van der Waals surface area contributed by atoms with E-state index in [2.05, 4.69) is 35.1 Å². The molecule has 20 heavy (non-hydrogen) atoms. The number of nitrogens with one attached hydrogen (secondary N) is 1. The third-order valence-corrected chi connectivity index (χ3v) is 3.84. The lowest BCUT2D eigenvalue weighted by Gasteiger charge is -2.13. The van der Waals surface area contributed by atoms with Crippen LogP contribution in [0, 0.1) is 6.92 Å². The molecule has 5 heteroatoms. The van der Waals surface area contributed by atoms with Gasteiger partial charge >= 0.3 is 0 Å². The van der Waals surface area contributed by atoms with Crippen LogP contribution in [0.1, 0.15) is 25.8 Å². The number of hydrogen-bond acceptors (Lipinski definition) is 3. The van der Waals surface area contributed by atoms with Crippen molar-refractivity contribution in [2.45, 2.75) is 33.2 Å². The summed E-state index contributed by atoms with van der Waals surface area (Å²) in [4.78, 5) is 0. The summed E-state index contributed by atoms with van der Waals surface area (Å²) in [5.41, 5.74) is 1.10. The second-order valence-corrected chi connectivity index (χ2v) is 6.04. The molecule has 0 aromatic heterocycles. The zero-order valence-corrected chi connectivity index (χ0v) is 14.7. The highest BCUT2D eigenvalue weighted by Crippen LogP contribution is 2.34. The van der Waals surface area contributed by atoms with Crippen molar-refractivity contribution in [3.05, 3.63) is 27.2 Å². The van der Waals surface area contributed by atoms with Gasteiger partial charge in [0.05, 0.1) is 22.7 Å². The number of hydrogen-bond donors (Lipinski definition) is 1.